The summed E-state index contributed by atoms with van der Waals surface area (Å²) in [6.07, 6.45) is 1.38. The molecule has 0 aliphatic carbocycles. The first-order valence-electron chi connectivity index (χ1n) is 18.7. The van der Waals surface area contributed by atoms with Crippen molar-refractivity contribution in [1.82, 2.24) is 42.1 Å². The highest BCUT2D eigenvalue weighted by atomic mass is 16.4. The first kappa shape index (κ1) is 48.9. The SMILES string of the molecule is C[C@H](NC(=O)[C@@H]1CCCN1C(=O)[C@H](CCCNC(N)N)NC(=O)[C@H](C)NC(=O)[C@H](CCCNC(N)N)NC(=O)[C@H](CCCC[NH3+])NC(=O)[C@@H]([NH3+])CO)C(=O)O. The van der Waals surface area contributed by atoms with Crippen LogP contribution in [0.1, 0.15) is 71.6 Å². The van der Waals surface area contributed by atoms with Crippen LogP contribution in [0.25, 0.3) is 0 Å². The Balaban J connectivity index is 3.19. The van der Waals surface area contributed by atoms with Crippen molar-refractivity contribution < 1.29 is 55.2 Å². The normalized spacial score (nSPS) is 17.4. The maximum Gasteiger partial charge on any atom is 0.325 e. The molecule has 1 saturated heterocycles. The largest absolute Gasteiger partial charge is 0.480 e. The van der Waals surface area contributed by atoms with Crippen LogP contribution in [0.2, 0.25) is 0 Å². The zero-order valence-corrected chi connectivity index (χ0v) is 32.0. The van der Waals surface area contributed by atoms with E-state index in [0.29, 0.717) is 45.2 Å². The highest BCUT2D eigenvalue weighted by Crippen LogP contribution is 2.20. The van der Waals surface area contributed by atoms with Gasteiger partial charge < -0.3 is 76.1 Å². The smallest absolute Gasteiger partial charge is 0.325 e. The van der Waals surface area contributed by atoms with Gasteiger partial charge >= 0.3 is 5.97 Å². The Morgan fingerprint density at radius 2 is 1.22 bits per heavy atom. The molecule has 1 aliphatic rings. The average molecular weight is 791 g/mol. The van der Waals surface area contributed by atoms with Crippen molar-refractivity contribution in [3.05, 3.63) is 0 Å². The fraction of sp³-hybridized carbons (Fsp3) is 0.781. The van der Waals surface area contributed by atoms with Crippen LogP contribution in [0, 0.1) is 0 Å². The molecule has 7 atom stereocenters. The summed E-state index contributed by atoms with van der Waals surface area (Å²) in [5, 5.41) is 37.1. The molecule has 6 amide bonds. The first-order valence-corrected chi connectivity index (χ1v) is 18.7. The Morgan fingerprint density at radius 1 is 0.709 bits per heavy atom. The van der Waals surface area contributed by atoms with Crippen LogP contribution >= 0.6 is 0 Å². The van der Waals surface area contributed by atoms with E-state index in [1.807, 2.05) is 0 Å². The Hall–Kier alpha value is -4.07. The molecule has 0 unspecified atom stereocenters. The van der Waals surface area contributed by atoms with Crippen molar-refractivity contribution in [3.63, 3.8) is 0 Å². The molecule has 23 nitrogen and oxygen atoms in total. The predicted octanol–water partition coefficient (Wildman–Crippen LogP) is -8.32. The van der Waals surface area contributed by atoms with Gasteiger partial charge in [0.15, 0.2) is 6.04 Å². The zero-order chi connectivity index (χ0) is 41.7. The molecule has 55 heavy (non-hydrogen) atoms. The lowest BCUT2D eigenvalue weighted by atomic mass is 10.1. The molecule has 1 aliphatic heterocycles. The molecule has 316 valence electrons. The quantitative estimate of drug-likeness (QED) is 0.0271. The van der Waals surface area contributed by atoms with Crippen molar-refractivity contribution in [2.45, 2.75) is 127 Å². The fourth-order valence-corrected chi connectivity index (χ4v) is 5.67. The molecule has 0 aromatic heterocycles. The number of hydrogen-bond acceptors (Lipinski definition) is 14. The first-order chi connectivity index (χ1) is 25.9. The van der Waals surface area contributed by atoms with Gasteiger partial charge in [0.2, 0.25) is 29.5 Å². The summed E-state index contributed by atoms with van der Waals surface area (Å²) in [4.78, 5) is 92.6. The summed E-state index contributed by atoms with van der Waals surface area (Å²) in [5.41, 5.74) is 29.6. The molecule has 23 N–H and O–H groups in total. The van der Waals surface area contributed by atoms with Crippen LogP contribution in [0.4, 0.5) is 0 Å². The van der Waals surface area contributed by atoms with Crippen LogP contribution in [0.3, 0.4) is 0 Å². The van der Waals surface area contributed by atoms with Gasteiger partial charge in [0.1, 0.15) is 55.4 Å². The molecule has 0 aromatic rings. The number of amides is 6. The second-order valence-electron chi connectivity index (χ2n) is 13.6. The molecular formula is C32H66N14O9+2. The van der Waals surface area contributed by atoms with Gasteiger partial charge in [-0.2, -0.15) is 0 Å². The Labute approximate surface area is 320 Å². The number of nitrogens with one attached hydrogen (secondary N) is 7. The van der Waals surface area contributed by atoms with Gasteiger partial charge in [-0.05, 0) is 84.7 Å². The number of carboxylic acid groups (broad SMARTS) is 1. The summed E-state index contributed by atoms with van der Waals surface area (Å²) in [7, 11) is 0. The molecule has 1 heterocycles. The van der Waals surface area contributed by atoms with Gasteiger partial charge in [0.25, 0.3) is 5.91 Å². The number of rotatable bonds is 27. The van der Waals surface area contributed by atoms with E-state index < -0.39 is 103 Å². The number of nitrogens with two attached hydrogens (primary N) is 4. The number of aliphatic hydroxyl groups excluding tert-OH is 1. The lowest BCUT2D eigenvalue weighted by Crippen LogP contribution is -2.70. The molecule has 0 bridgehead atoms. The van der Waals surface area contributed by atoms with Crippen LogP contribution in [-0.2, 0) is 33.6 Å². The van der Waals surface area contributed by atoms with Crippen LogP contribution < -0.4 is 71.6 Å². The van der Waals surface area contributed by atoms with Gasteiger partial charge in [-0.25, -0.2) is 0 Å². The van der Waals surface area contributed by atoms with Crippen molar-refractivity contribution >= 4 is 41.4 Å². The maximum atomic E-state index is 13.8. The van der Waals surface area contributed by atoms with Crippen LogP contribution in [0.5, 0.6) is 0 Å². The third kappa shape index (κ3) is 18.4. The summed E-state index contributed by atoms with van der Waals surface area (Å²) in [6.45, 7) is 3.53. The number of carbonyl (C=O) groups excluding carboxylic acids is 6. The van der Waals surface area contributed by atoms with E-state index in [2.05, 4.69) is 48.7 Å². The van der Waals surface area contributed by atoms with Crippen molar-refractivity contribution in [1.29, 1.82) is 0 Å². The Bertz CT molecular complexity index is 1260. The molecular weight excluding hydrogens is 724 g/mol. The van der Waals surface area contributed by atoms with E-state index in [9.17, 15) is 43.8 Å². The molecule has 1 fully saturated rings. The zero-order valence-electron chi connectivity index (χ0n) is 32.0. The molecule has 23 heteroatoms. The van der Waals surface area contributed by atoms with E-state index in [1.54, 1.807) is 0 Å². The summed E-state index contributed by atoms with van der Waals surface area (Å²) in [5.74, 6) is -5.22. The molecule has 0 aromatic carbocycles. The number of unbranched alkanes of at least 4 members (excludes halogenated alkanes) is 1. The van der Waals surface area contributed by atoms with E-state index in [-0.39, 0.29) is 38.8 Å². The minimum atomic E-state index is -1.24. The Morgan fingerprint density at radius 3 is 1.75 bits per heavy atom. The minimum Gasteiger partial charge on any atom is -0.480 e. The van der Waals surface area contributed by atoms with Crippen LogP contribution in [-0.4, -0.2) is 144 Å². The average Bonchev–Trinajstić information content (AvgIpc) is 3.63. The lowest BCUT2D eigenvalue weighted by Gasteiger charge is -2.30. The van der Waals surface area contributed by atoms with E-state index in [1.165, 1.54) is 18.7 Å². The second-order valence-corrected chi connectivity index (χ2v) is 13.6. The number of carboxylic acids is 1. The van der Waals surface area contributed by atoms with Gasteiger partial charge in [-0.3, -0.25) is 44.2 Å². The number of quaternary nitrogens is 2. The number of carbonyl (C=O) groups is 7. The molecule has 0 saturated carbocycles. The van der Waals surface area contributed by atoms with Crippen molar-refractivity contribution in [3.8, 4) is 0 Å². The van der Waals surface area contributed by atoms with Crippen molar-refractivity contribution in [2.24, 2.45) is 22.9 Å². The minimum absolute atomic E-state index is 0.0794. The third-order valence-electron chi connectivity index (χ3n) is 8.88. The van der Waals surface area contributed by atoms with E-state index in [4.69, 9.17) is 22.9 Å². The van der Waals surface area contributed by atoms with Gasteiger partial charge in [0, 0.05) is 6.54 Å². The van der Waals surface area contributed by atoms with Gasteiger partial charge in [-0.1, -0.05) is 0 Å². The van der Waals surface area contributed by atoms with E-state index in [0.717, 1.165) is 0 Å². The monoisotopic (exact) mass is 791 g/mol. The highest BCUT2D eigenvalue weighted by molar-refractivity contribution is 5.97. The predicted molar refractivity (Wildman–Crippen MR) is 198 cm³/mol. The molecule has 1 rings (SSSR count). The maximum absolute atomic E-state index is 13.8. The Kier molecular flexibility index (Phi) is 23.1. The number of aliphatic carboxylic acids is 1. The summed E-state index contributed by atoms with van der Waals surface area (Å²) in [6, 6.07) is -7.76. The summed E-state index contributed by atoms with van der Waals surface area (Å²) < 4.78 is 0. The highest BCUT2D eigenvalue weighted by Gasteiger charge is 2.39. The number of likely N-dealkylation sites (tertiary alicyclic amines) is 1. The second kappa shape index (κ2) is 25.9. The number of aliphatic hydroxyl groups is 1. The van der Waals surface area contributed by atoms with Gasteiger partial charge in [-0.15, -0.1) is 0 Å². The fourth-order valence-electron chi connectivity index (χ4n) is 5.67. The molecule has 0 radical (unpaired) electrons. The summed E-state index contributed by atoms with van der Waals surface area (Å²) >= 11 is 0. The number of hydrogen-bond donors (Lipinski definition) is 15. The lowest BCUT2D eigenvalue weighted by molar-refractivity contribution is -0.409. The topological polar surface area (TPSA) is 407 Å². The van der Waals surface area contributed by atoms with Crippen LogP contribution in [0.15, 0.2) is 0 Å². The molecule has 0 spiro atoms. The standard InChI is InChI=1S/C32H64N14O9/c1-17(24(48)45-22(10-6-14-40-32(37)38)29(53)46-15-7-11-23(46)28(52)42-18(2)30(54)55)41-26(50)21(9-5-13-39-31(35)36)44-27(51)20(8-3-4-12-33)43-25(49)19(34)16-47/h17-23,31-32,39-40,47H,3-16,33-38H2,1-2H3,(H,41,50)(H,42,52)(H,43,49)(H,44,51)(H,45,48)(H,54,55)/p+2/t17-,18-,19-,20-,21-,22-,23-/m0/s1. The van der Waals surface area contributed by atoms with Crippen molar-refractivity contribution in [2.75, 3.05) is 32.8 Å². The van der Waals surface area contributed by atoms with Gasteiger partial charge in [0.05, 0.1) is 6.54 Å². The third-order valence-corrected chi connectivity index (χ3v) is 8.88. The number of nitrogens with zero attached hydrogens (tertiary/aromatic N) is 1. The van der Waals surface area contributed by atoms with E-state index >= 15 is 0 Å².